The fourth-order valence-corrected chi connectivity index (χ4v) is 2.49. The maximum Gasteiger partial charge on any atom is 0.249 e. The van der Waals surface area contributed by atoms with Crippen molar-refractivity contribution in [3.05, 3.63) is 34.4 Å². The quantitative estimate of drug-likeness (QED) is 0.466. The molecule has 0 fully saturated rings. The van der Waals surface area contributed by atoms with E-state index in [-0.39, 0.29) is 0 Å². The molecule has 1 aromatic carbocycles. The summed E-state index contributed by atoms with van der Waals surface area (Å²) in [5, 5.41) is 0. The lowest BCUT2D eigenvalue weighted by atomic mass is 9.92. The van der Waals surface area contributed by atoms with E-state index in [1.54, 1.807) is 0 Å². The summed E-state index contributed by atoms with van der Waals surface area (Å²) in [6.07, 6.45) is 4.90. The predicted molar refractivity (Wildman–Crippen MR) is 87.5 cm³/mol. The van der Waals surface area contributed by atoms with Crippen LogP contribution in [0.25, 0.3) is 0 Å². The molecule has 0 saturated carbocycles. The molecule has 0 saturated heterocycles. The van der Waals surface area contributed by atoms with Crippen molar-refractivity contribution < 1.29 is 9.59 Å². The Morgan fingerprint density at radius 1 is 0.727 bits per heavy atom. The molecule has 6 nitrogen and oxygen atoms in total. The highest BCUT2D eigenvalue weighted by Crippen LogP contribution is 2.21. The monoisotopic (exact) mass is 306 g/mol. The first-order valence-electron chi connectivity index (χ1n) is 7.66. The molecule has 0 aliphatic rings. The van der Waals surface area contributed by atoms with Gasteiger partial charge in [-0.2, -0.15) is 0 Å². The summed E-state index contributed by atoms with van der Waals surface area (Å²) in [6.45, 7) is 1.21. The Bertz CT molecular complexity index is 486. The van der Waals surface area contributed by atoms with Crippen molar-refractivity contribution >= 4 is 11.8 Å². The van der Waals surface area contributed by atoms with E-state index < -0.39 is 11.8 Å². The van der Waals surface area contributed by atoms with E-state index in [1.807, 2.05) is 6.07 Å². The number of primary amides is 2. The van der Waals surface area contributed by atoms with Crippen LogP contribution < -0.4 is 22.9 Å². The van der Waals surface area contributed by atoms with Crippen LogP contribution in [0.4, 0.5) is 0 Å². The number of rotatable bonds is 10. The zero-order valence-corrected chi connectivity index (χ0v) is 12.9. The predicted octanol–water partition coefficient (Wildman–Crippen LogP) is 0.447. The van der Waals surface area contributed by atoms with Crippen molar-refractivity contribution in [2.24, 2.45) is 22.9 Å². The summed E-state index contributed by atoms with van der Waals surface area (Å²) in [5.74, 6) is -1.09. The number of benzene rings is 1. The fourth-order valence-electron chi connectivity index (χ4n) is 2.49. The van der Waals surface area contributed by atoms with Gasteiger partial charge in [-0.05, 0) is 68.8 Å². The van der Waals surface area contributed by atoms with Crippen molar-refractivity contribution in [2.45, 2.75) is 38.5 Å². The summed E-state index contributed by atoms with van der Waals surface area (Å²) in [6, 6.07) is 3.41. The summed E-state index contributed by atoms with van der Waals surface area (Å²) < 4.78 is 0. The minimum absolute atomic E-state index is 0.369. The Kier molecular flexibility index (Phi) is 7.56. The second-order valence-corrected chi connectivity index (χ2v) is 5.39. The summed E-state index contributed by atoms with van der Waals surface area (Å²) in [4.78, 5) is 23.3. The van der Waals surface area contributed by atoms with Crippen LogP contribution >= 0.6 is 0 Å². The van der Waals surface area contributed by atoms with Gasteiger partial charge in [0.2, 0.25) is 11.8 Å². The van der Waals surface area contributed by atoms with Gasteiger partial charge in [-0.15, -0.1) is 0 Å². The van der Waals surface area contributed by atoms with Crippen LogP contribution in [0.2, 0.25) is 0 Å². The van der Waals surface area contributed by atoms with Crippen LogP contribution in [0.15, 0.2) is 12.1 Å². The standard InChI is InChI=1S/C16H26N4O2/c17-7-3-1-5-11-9-12(6-2-4-8-18)14(16(20)22)10-13(11)15(19)21/h9-10H,1-8,17-18H2,(H2,19,21)(H2,20,22). The topological polar surface area (TPSA) is 138 Å². The van der Waals surface area contributed by atoms with Crippen LogP contribution in [-0.2, 0) is 12.8 Å². The minimum Gasteiger partial charge on any atom is -0.366 e. The van der Waals surface area contributed by atoms with Gasteiger partial charge in [0.1, 0.15) is 0 Å². The molecule has 22 heavy (non-hydrogen) atoms. The number of aryl methyl sites for hydroxylation is 2. The Hall–Kier alpha value is -1.92. The highest BCUT2D eigenvalue weighted by Gasteiger charge is 2.16. The number of hydrogen-bond acceptors (Lipinski definition) is 4. The van der Waals surface area contributed by atoms with E-state index >= 15 is 0 Å². The molecule has 0 spiro atoms. The van der Waals surface area contributed by atoms with E-state index in [4.69, 9.17) is 22.9 Å². The minimum atomic E-state index is -0.543. The van der Waals surface area contributed by atoms with Gasteiger partial charge in [-0.1, -0.05) is 6.07 Å². The van der Waals surface area contributed by atoms with Gasteiger partial charge in [0.05, 0.1) is 0 Å². The third-order valence-electron chi connectivity index (χ3n) is 3.66. The fraction of sp³-hybridized carbons (Fsp3) is 0.500. The zero-order chi connectivity index (χ0) is 16.5. The number of unbranched alkanes of at least 4 members (excludes halogenated alkanes) is 2. The number of carbonyl (C=O) groups excluding carboxylic acids is 2. The van der Waals surface area contributed by atoms with Crippen LogP contribution in [0.3, 0.4) is 0 Å². The molecule has 6 heteroatoms. The normalized spacial score (nSPS) is 10.6. The maximum atomic E-state index is 11.6. The number of carbonyl (C=O) groups is 2. The second-order valence-electron chi connectivity index (χ2n) is 5.39. The first-order valence-corrected chi connectivity index (χ1v) is 7.66. The number of nitrogens with two attached hydrogens (primary N) is 4. The molecule has 2 amide bonds. The van der Waals surface area contributed by atoms with E-state index in [2.05, 4.69) is 0 Å². The lowest BCUT2D eigenvalue weighted by molar-refractivity contribution is 0.0998. The maximum absolute atomic E-state index is 11.6. The van der Waals surface area contributed by atoms with Crippen molar-refractivity contribution in [3.63, 3.8) is 0 Å². The van der Waals surface area contributed by atoms with Gasteiger partial charge in [0.15, 0.2) is 0 Å². The van der Waals surface area contributed by atoms with Crippen LogP contribution in [0.5, 0.6) is 0 Å². The molecule has 0 aliphatic carbocycles. The summed E-state index contributed by atoms with van der Waals surface area (Å²) in [5.41, 5.74) is 24.3. The molecule has 0 bridgehead atoms. The molecule has 0 heterocycles. The Labute approximate surface area is 131 Å². The molecular formula is C16H26N4O2. The van der Waals surface area contributed by atoms with Gasteiger partial charge in [0, 0.05) is 11.1 Å². The van der Waals surface area contributed by atoms with Crippen molar-refractivity contribution in [1.29, 1.82) is 0 Å². The Morgan fingerprint density at radius 3 is 1.45 bits per heavy atom. The summed E-state index contributed by atoms with van der Waals surface area (Å²) in [7, 11) is 0. The highest BCUT2D eigenvalue weighted by atomic mass is 16.1. The summed E-state index contributed by atoms with van der Waals surface area (Å²) >= 11 is 0. The molecule has 8 N–H and O–H groups in total. The Morgan fingerprint density at radius 2 is 1.14 bits per heavy atom. The molecule has 0 aliphatic heterocycles. The second kappa shape index (κ2) is 9.17. The van der Waals surface area contributed by atoms with E-state index in [1.165, 1.54) is 6.07 Å². The molecule has 1 aromatic rings. The largest absolute Gasteiger partial charge is 0.366 e. The Balaban J connectivity index is 3.13. The zero-order valence-electron chi connectivity index (χ0n) is 12.9. The van der Waals surface area contributed by atoms with Gasteiger partial charge >= 0.3 is 0 Å². The average molecular weight is 306 g/mol. The first-order chi connectivity index (χ1) is 10.5. The lowest BCUT2D eigenvalue weighted by Crippen LogP contribution is -2.20. The molecule has 0 aromatic heterocycles. The third-order valence-corrected chi connectivity index (χ3v) is 3.66. The number of hydrogen-bond donors (Lipinski definition) is 4. The van der Waals surface area contributed by atoms with Crippen molar-refractivity contribution in [2.75, 3.05) is 13.1 Å². The molecule has 0 unspecified atom stereocenters. The number of amides is 2. The highest BCUT2D eigenvalue weighted by molar-refractivity contribution is 6.00. The van der Waals surface area contributed by atoms with E-state index in [0.29, 0.717) is 37.1 Å². The van der Waals surface area contributed by atoms with E-state index in [9.17, 15) is 9.59 Å². The van der Waals surface area contributed by atoms with E-state index in [0.717, 1.165) is 36.8 Å². The van der Waals surface area contributed by atoms with Gasteiger partial charge in [-0.3, -0.25) is 9.59 Å². The molecule has 0 radical (unpaired) electrons. The van der Waals surface area contributed by atoms with Gasteiger partial charge in [0.25, 0.3) is 0 Å². The van der Waals surface area contributed by atoms with Crippen LogP contribution in [0, 0.1) is 0 Å². The third kappa shape index (κ3) is 5.13. The average Bonchev–Trinajstić information content (AvgIpc) is 2.47. The molecule has 0 atom stereocenters. The van der Waals surface area contributed by atoms with Crippen LogP contribution in [0.1, 0.15) is 57.5 Å². The molecule has 122 valence electrons. The SMILES string of the molecule is NCCCCc1cc(CCCCN)c(C(N)=O)cc1C(N)=O. The van der Waals surface area contributed by atoms with Crippen molar-refractivity contribution in [3.8, 4) is 0 Å². The van der Waals surface area contributed by atoms with Crippen LogP contribution in [-0.4, -0.2) is 24.9 Å². The van der Waals surface area contributed by atoms with Gasteiger partial charge in [-0.25, -0.2) is 0 Å². The molecular weight excluding hydrogens is 280 g/mol. The smallest absolute Gasteiger partial charge is 0.249 e. The van der Waals surface area contributed by atoms with Crippen molar-refractivity contribution in [1.82, 2.24) is 0 Å². The lowest BCUT2D eigenvalue weighted by Gasteiger charge is -2.13. The molecule has 1 rings (SSSR count). The van der Waals surface area contributed by atoms with Gasteiger partial charge < -0.3 is 22.9 Å². The first kappa shape index (κ1) is 18.1.